The van der Waals surface area contributed by atoms with Gasteiger partial charge in [-0.05, 0) is 37.1 Å². The highest BCUT2D eigenvalue weighted by Crippen LogP contribution is 2.28. The zero-order chi connectivity index (χ0) is 17.9. The number of carbonyl (C=O) groups is 1. The van der Waals surface area contributed by atoms with Crippen molar-refractivity contribution in [3.05, 3.63) is 53.5 Å². The van der Waals surface area contributed by atoms with Gasteiger partial charge in [0.05, 0.1) is 19.3 Å². The molecule has 0 bridgehead atoms. The van der Waals surface area contributed by atoms with Gasteiger partial charge in [0.25, 0.3) is 0 Å². The van der Waals surface area contributed by atoms with Crippen molar-refractivity contribution in [2.75, 3.05) is 44.3 Å². The maximum absolute atomic E-state index is 12.8. The van der Waals surface area contributed by atoms with Crippen LogP contribution in [0.2, 0.25) is 0 Å². The first-order valence-corrected chi connectivity index (χ1v) is 9.24. The number of urea groups is 1. The lowest BCUT2D eigenvalue weighted by Gasteiger charge is -2.33. The molecule has 0 aliphatic carbocycles. The summed E-state index contributed by atoms with van der Waals surface area (Å²) in [6, 6.07) is 12.1. The first-order valence-electron chi connectivity index (χ1n) is 9.24. The quantitative estimate of drug-likeness (QED) is 0.916. The highest BCUT2D eigenvalue weighted by Gasteiger charge is 2.28. The zero-order valence-electron chi connectivity index (χ0n) is 15.1. The minimum Gasteiger partial charge on any atom is -0.465 e. The molecule has 6 heteroatoms. The van der Waals surface area contributed by atoms with Crippen LogP contribution in [0.25, 0.3) is 0 Å². The summed E-state index contributed by atoms with van der Waals surface area (Å²) in [6.07, 6.45) is 0.911. The molecule has 0 unspecified atom stereocenters. The Bertz CT molecular complexity index is 767. The smallest absolute Gasteiger partial charge is 0.321 e. The lowest BCUT2D eigenvalue weighted by atomic mass is 10.1. The molecule has 1 saturated heterocycles. The summed E-state index contributed by atoms with van der Waals surface area (Å²) in [4.78, 5) is 16.9. The fourth-order valence-corrected chi connectivity index (χ4v) is 3.76. The van der Waals surface area contributed by atoms with E-state index in [0.29, 0.717) is 19.8 Å². The summed E-state index contributed by atoms with van der Waals surface area (Å²) < 4.78 is 11.3. The molecule has 1 N–H and O–H groups in total. The van der Waals surface area contributed by atoms with Crippen molar-refractivity contribution in [1.82, 2.24) is 10.2 Å². The molecule has 138 valence electrons. The third kappa shape index (κ3) is 3.48. The van der Waals surface area contributed by atoms with Gasteiger partial charge in [-0.25, -0.2) is 4.79 Å². The zero-order valence-corrected chi connectivity index (χ0v) is 15.1. The van der Waals surface area contributed by atoms with E-state index in [9.17, 15) is 4.79 Å². The van der Waals surface area contributed by atoms with Crippen LogP contribution in [0, 0.1) is 6.92 Å². The fourth-order valence-electron chi connectivity index (χ4n) is 3.76. The van der Waals surface area contributed by atoms with E-state index in [4.69, 9.17) is 9.15 Å². The van der Waals surface area contributed by atoms with Crippen LogP contribution >= 0.6 is 0 Å². The molecule has 0 radical (unpaired) electrons. The van der Waals surface area contributed by atoms with E-state index in [-0.39, 0.29) is 12.1 Å². The summed E-state index contributed by atoms with van der Waals surface area (Å²) >= 11 is 0. The highest BCUT2D eigenvalue weighted by atomic mass is 16.5. The number of para-hydroxylation sites is 1. The van der Waals surface area contributed by atoms with Gasteiger partial charge in [0.15, 0.2) is 0 Å². The number of carbonyl (C=O) groups excluding carboxylic acids is 1. The number of rotatable bonds is 4. The number of nitrogens with one attached hydrogen (secondary N) is 1. The van der Waals surface area contributed by atoms with Gasteiger partial charge >= 0.3 is 6.03 Å². The van der Waals surface area contributed by atoms with E-state index in [1.165, 1.54) is 5.56 Å². The summed E-state index contributed by atoms with van der Waals surface area (Å²) in [5.74, 6) is 1.78. The Morgan fingerprint density at radius 1 is 1.15 bits per heavy atom. The van der Waals surface area contributed by atoms with Crippen LogP contribution in [0.3, 0.4) is 0 Å². The fraction of sp³-hybridized carbons (Fsp3) is 0.450. The first kappa shape index (κ1) is 17.1. The van der Waals surface area contributed by atoms with Gasteiger partial charge in [-0.3, -0.25) is 9.80 Å². The number of furan rings is 1. The lowest BCUT2D eigenvalue weighted by Crippen LogP contribution is -2.46. The van der Waals surface area contributed by atoms with Crippen LogP contribution in [0.15, 0.2) is 40.8 Å². The number of benzene rings is 1. The second-order valence-corrected chi connectivity index (χ2v) is 6.83. The topological polar surface area (TPSA) is 58.0 Å². The molecule has 1 aromatic heterocycles. The number of ether oxygens (including phenoxy) is 1. The van der Waals surface area contributed by atoms with Crippen LogP contribution in [0.4, 0.5) is 10.5 Å². The van der Waals surface area contributed by atoms with E-state index < -0.39 is 0 Å². The van der Waals surface area contributed by atoms with Crippen LogP contribution in [-0.2, 0) is 11.2 Å². The van der Waals surface area contributed by atoms with Crippen molar-refractivity contribution < 1.29 is 13.9 Å². The second-order valence-electron chi connectivity index (χ2n) is 6.83. The molecule has 2 aliphatic rings. The van der Waals surface area contributed by atoms with Crippen molar-refractivity contribution in [2.24, 2.45) is 0 Å². The summed E-state index contributed by atoms with van der Waals surface area (Å²) in [6.45, 7) is 6.30. The normalized spacial score (nSPS) is 18.6. The predicted octanol–water partition coefficient (Wildman–Crippen LogP) is 2.73. The Balaban J connectivity index is 1.45. The Labute approximate surface area is 153 Å². The largest absolute Gasteiger partial charge is 0.465 e. The first-order chi connectivity index (χ1) is 12.7. The Kier molecular flexibility index (Phi) is 4.95. The number of nitrogens with zero attached hydrogens (tertiary/aromatic N) is 2. The maximum Gasteiger partial charge on any atom is 0.321 e. The van der Waals surface area contributed by atoms with E-state index in [0.717, 1.165) is 43.3 Å². The number of morpholine rings is 1. The number of hydrogen-bond donors (Lipinski definition) is 1. The maximum atomic E-state index is 12.8. The van der Waals surface area contributed by atoms with Gasteiger partial charge in [-0.2, -0.15) is 0 Å². The van der Waals surface area contributed by atoms with Crippen LogP contribution in [-0.4, -0.2) is 50.3 Å². The molecule has 1 atom stereocenters. The van der Waals surface area contributed by atoms with E-state index >= 15 is 0 Å². The standard InChI is InChI=1S/C20H25N3O3/c1-15-6-7-19(26-15)18(22-10-12-25-13-11-22)14-21-20(24)23-9-8-16-4-2-3-5-17(16)23/h2-7,18H,8-14H2,1H3,(H,21,24)/t18-/m0/s1. The molecular weight excluding hydrogens is 330 g/mol. The average Bonchev–Trinajstić information content (AvgIpc) is 3.29. The molecule has 6 nitrogen and oxygen atoms in total. The van der Waals surface area contributed by atoms with Crippen molar-refractivity contribution in [1.29, 1.82) is 0 Å². The van der Waals surface area contributed by atoms with Gasteiger partial charge in [0.1, 0.15) is 11.5 Å². The molecular formula is C20H25N3O3. The van der Waals surface area contributed by atoms with Crippen LogP contribution in [0.1, 0.15) is 23.1 Å². The average molecular weight is 355 g/mol. The third-order valence-electron chi connectivity index (χ3n) is 5.15. The minimum atomic E-state index is -0.0449. The number of fused-ring (bicyclic) bond motifs is 1. The van der Waals surface area contributed by atoms with Gasteiger partial charge < -0.3 is 14.5 Å². The minimum absolute atomic E-state index is 0.0226. The summed E-state index contributed by atoms with van der Waals surface area (Å²) in [5.41, 5.74) is 2.25. The second kappa shape index (κ2) is 7.51. The molecule has 26 heavy (non-hydrogen) atoms. The van der Waals surface area contributed by atoms with Crippen molar-refractivity contribution in [2.45, 2.75) is 19.4 Å². The van der Waals surface area contributed by atoms with Gasteiger partial charge in [-0.1, -0.05) is 18.2 Å². The summed E-state index contributed by atoms with van der Waals surface area (Å²) in [7, 11) is 0. The number of amides is 2. The Morgan fingerprint density at radius 3 is 2.73 bits per heavy atom. The van der Waals surface area contributed by atoms with Crippen LogP contribution in [0.5, 0.6) is 0 Å². The van der Waals surface area contributed by atoms with Gasteiger partial charge in [-0.15, -0.1) is 0 Å². The molecule has 0 saturated carbocycles. The molecule has 0 spiro atoms. The van der Waals surface area contributed by atoms with E-state index in [1.54, 1.807) is 0 Å². The van der Waals surface area contributed by atoms with Crippen molar-refractivity contribution in [3.8, 4) is 0 Å². The van der Waals surface area contributed by atoms with E-state index in [1.807, 2.05) is 42.2 Å². The van der Waals surface area contributed by atoms with Crippen LogP contribution < -0.4 is 10.2 Å². The Hall–Kier alpha value is -2.31. The van der Waals surface area contributed by atoms with Gasteiger partial charge in [0.2, 0.25) is 0 Å². The number of anilines is 1. The van der Waals surface area contributed by atoms with Gasteiger partial charge in [0, 0.05) is 31.9 Å². The van der Waals surface area contributed by atoms with E-state index in [2.05, 4.69) is 16.3 Å². The molecule has 2 amide bonds. The lowest BCUT2D eigenvalue weighted by molar-refractivity contribution is 0.0122. The van der Waals surface area contributed by atoms with Crippen molar-refractivity contribution >= 4 is 11.7 Å². The molecule has 2 aliphatic heterocycles. The highest BCUT2D eigenvalue weighted by molar-refractivity contribution is 5.94. The molecule has 1 fully saturated rings. The SMILES string of the molecule is Cc1ccc([C@H](CNC(=O)N2CCc3ccccc32)N2CCOCC2)o1. The monoisotopic (exact) mass is 355 g/mol. The summed E-state index contributed by atoms with van der Waals surface area (Å²) in [5, 5.41) is 3.12. The molecule has 2 aromatic rings. The molecule has 3 heterocycles. The third-order valence-corrected chi connectivity index (χ3v) is 5.15. The number of hydrogen-bond acceptors (Lipinski definition) is 4. The molecule has 4 rings (SSSR count). The van der Waals surface area contributed by atoms with Crippen molar-refractivity contribution in [3.63, 3.8) is 0 Å². The molecule has 1 aromatic carbocycles. The predicted molar refractivity (Wildman–Crippen MR) is 99.5 cm³/mol. The Morgan fingerprint density at radius 2 is 1.96 bits per heavy atom. The number of aryl methyl sites for hydroxylation is 1.